The first-order chi connectivity index (χ1) is 15.1. The molecule has 2 aromatic carbocycles. The summed E-state index contributed by atoms with van der Waals surface area (Å²) in [6, 6.07) is 20.0. The number of amides is 1. The van der Waals surface area contributed by atoms with Gasteiger partial charge in [0.05, 0.1) is 12.2 Å². The molecule has 166 valence electrons. The summed E-state index contributed by atoms with van der Waals surface area (Å²) >= 11 is 0. The van der Waals surface area contributed by atoms with Gasteiger partial charge in [0.2, 0.25) is 0 Å². The summed E-state index contributed by atoms with van der Waals surface area (Å²) in [6.07, 6.45) is 5.52. The average molecular weight is 424 g/mol. The number of benzene rings is 2. The van der Waals surface area contributed by atoms with Gasteiger partial charge in [-0.1, -0.05) is 60.7 Å². The van der Waals surface area contributed by atoms with Crippen LogP contribution in [0.1, 0.15) is 56.1 Å². The number of fused-ring (bicyclic) bond motifs is 2. The smallest absolute Gasteiger partial charge is 0.410 e. The van der Waals surface area contributed by atoms with Gasteiger partial charge in [0.1, 0.15) is 6.61 Å². The van der Waals surface area contributed by atoms with Gasteiger partial charge < -0.3 is 19.5 Å². The van der Waals surface area contributed by atoms with Gasteiger partial charge in [-0.05, 0) is 56.1 Å². The number of carbonyl (C=O) groups excluding carboxylic acids is 1. The van der Waals surface area contributed by atoms with Crippen LogP contribution in [0.2, 0.25) is 0 Å². The van der Waals surface area contributed by atoms with Gasteiger partial charge in [-0.15, -0.1) is 0 Å². The van der Waals surface area contributed by atoms with Crippen molar-refractivity contribution in [2.75, 3.05) is 6.61 Å². The van der Waals surface area contributed by atoms with Crippen LogP contribution in [0.25, 0.3) is 0 Å². The van der Waals surface area contributed by atoms with E-state index in [1.165, 1.54) is 0 Å². The molecule has 0 spiro atoms. The van der Waals surface area contributed by atoms with Gasteiger partial charge in [-0.3, -0.25) is 0 Å². The zero-order valence-electron chi connectivity index (χ0n) is 18.1. The quantitative estimate of drug-likeness (QED) is 0.603. The summed E-state index contributed by atoms with van der Waals surface area (Å²) < 4.78 is 11.4. The van der Waals surface area contributed by atoms with Gasteiger partial charge in [0.15, 0.2) is 0 Å². The first-order valence-corrected chi connectivity index (χ1v) is 11.5. The number of nitrogens with zero attached hydrogens (tertiary/aromatic N) is 1. The highest BCUT2D eigenvalue weighted by atomic mass is 16.6. The highest BCUT2D eigenvalue weighted by Gasteiger charge is 2.47. The van der Waals surface area contributed by atoms with Crippen LogP contribution in [-0.4, -0.2) is 40.4 Å². The van der Waals surface area contributed by atoms with Crippen molar-refractivity contribution >= 4 is 6.09 Å². The predicted molar refractivity (Wildman–Crippen MR) is 119 cm³/mol. The molecular formula is C26H33NO4. The number of piperidine rings is 2. The molecule has 0 saturated carbocycles. The van der Waals surface area contributed by atoms with Gasteiger partial charge in [-0.2, -0.15) is 0 Å². The maximum atomic E-state index is 12.8. The van der Waals surface area contributed by atoms with Crippen molar-refractivity contribution in [3.8, 4) is 0 Å². The van der Waals surface area contributed by atoms with Crippen LogP contribution in [-0.2, 0) is 22.7 Å². The molecule has 1 N–H and O–H groups in total. The molecular weight excluding hydrogens is 390 g/mol. The van der Waals surface area contributed by atoms with Crippen LogP contribution < -0.4 is 0 Å². The Bertz CT molecular complexity index is 812. The first kappa shape index (κ1) is 21.8. The lowest BCUT2D eigenvalue weighted by molar-refractivity contribution is -0.0920. The topological polar surface area (TPSA) is 59.0 Å². The molecule has 1 amide bonds. The third kappa shape index (κ3) is 5.86. The third-order valence-electron chi connectivity index (χ3n) is 6.55. The highest BCUT2D eigenvalue weighted by molar-refractivity contribution is 5.69. The van der Waals surface area contributed by atoms with E-state index in [1.54, 1.807) is 0 Å². The number of rotatable bonds is 8. The Balaban J connectivity index is 1.25. The Morgan fingerprint density at radius 1 is 0.935 bits per heavy atom. The predicted octanol–water partition coefficient (Wildman–Crippen LogP) is 5.07. The third-order valence-corrected chi connectivity index (χ3v) is 6.55. The van der Waals surface area contributed by atoms with E-state index < -0.39 is 5.60 Å². The minimum absolute atomic E-state index is 0.0611. The highest BCUT2D eigenvalue weighted by Crippen LogP contribution is 2.41. The number of hydrogen-bond acceptors (Lipinski definition) is 4. The Morgan fingerprint density at radius 3 is 2.13 bits per heavy atom. The second-order valence-corrected chi connectivity index (χ2v) is 8.96. The molecule has 0 aromatic heterocycles. The number of hydrogen-bond donors (Lipinski definition) is 1. The van der Waals surface area contributed by atoms with Gasteiger partial charge in [0, 0.05) is 18.7 Å². The summed E-state index contributed by atoms with van der Waals surface area (Å²) in [7, 11) is 0. The molecule has 2 aliphatic heterocycles. The molecule has 5 heteroatoms. The van der Waals surface area contributed by atoms with Crippen LogP contribution in [0.15, 0.2) is 60.7 Å². The molecule has 0 radical (unpaired) electrons. The van der Waals surface area contributed by atoms with Crippen LogP contribution in [0.3, 0.4) is 0 Å². The summed E-state index contributed by atoms with van der Waals surface area (Å²) in [6.45, 7) is 1.53. The van der Waals surface area contributed by atoms with E-state index in [0.717, 1.165) is 36.8 Å². The molecule has 0 aliphatic carbocycles. The standard InChI is InChI=1S/C26H33NO4/c28-25(31-20-22-11-5-2-6-12-22)27-23-13-7-14-24(27)18-26(29,17-23)15-8-16-30-19-21-9-3-1-4-10-21/h1-6,9-12,23-24,29H,7-8,13-20H2. The van der Waals surface area contributed by atoms with E-state index in [-0.39, 0.29) is 18.2 Å². The van der Waals surface area contributed by atoms with Crippen LogP contribution in [0.5, 0.6) is 0 Å². The van der Waals surface area contributed by atoms with E-state index in [2.05, 4.69) is 12.1 Å². The van der Waals surface area contributed by atoms with Crippen LogP contribution in [0, 0.1) is 0 Å². The van der Waals surface area contributed by atoms with Gasteiger partial charge in [-0.25, -0.2) is 4.79 Å². The van der Waals surface area contributed by atoms with Gasteiger partial charge >= 0.3 is 6.09 Å². The van der Waals surface area contributed by atoms with E-state index in [9.17, 15) is 9.90 Å². The second-order valence-electron chi connectivity index (χ2n) is 8.96. The van der Waals surface area contributed by atoms with E-state index in [0.29, 0.717) is 39.1 Å². The normalized spacial score (nSPS) is 25.3. The second kappa shape index (κ2) is 10.3. The van der Waals surface area contributed by atoms with Crippen molar-refractivity contribution in [3.63, 3.8) is 0 Å². The molecule has 2 unspecified atom stereocenters. The monoisotopic (exact) mass is 423 g/mol. The first-order valence-electron chi connectivity index (χ1n) is 11.5. The van der Waals surface area contributed by atoms with Crippen LogP contribution in [0.4, 0.5) is 4.79 Å². The van der Waals surface area contributed by atoms with E-state index in [1.807, 2.05) is 53.4 Å². The average Bonchev–Trinajstić information content (AvgIpc) is 2.78. The van der Waals surface area contributed by atoms with E-state index in [4.69, 9.17) is 9.47 Å². The van der Waals surface area contributed by atoms with Crippen molar-refractivity contribution in [2.24, 2.45) is 0 Å². The Labute approximate surface area is 185 Å². The molecule has 2 fully saturated rings. The van der Waals surface area contributed by atoms with Gasteiger partial charge in [0.25, 0.3) is 0 Å². The fourth-order valence-corrected chi connectivity index (χ4v) is 5.09. The molecule has 2 aliphatic rings. The van der Waals surface area contributed by atoms with Crippen molar-refractivity contribution < 1.29 is 19.4 Å². The SMILES string of the molecule is O=C(OCc1ccccc1)N1C2CCCC1CC(O)(CCCOCc1ccccc1)C2. The summed E-state index contributed by atoms with van der Waals surface area (Å²) in [5.41, 5.74) is 1.44. The fourth-order valence-electron chi connectivity index (χ4n) is 5.09. The summed E-state index contributed by atoms with van der Waals surface area (Å²) in [5, 5.41) is 11.3. The molecule has 2 heterocycles. The number of aliphatic hydroxyl groups is 1. The molecule has 2 atom stereocenters. The fraction of sp³-hybridized carbons (Fsp3) is 0.500. The molecule has 2 aromatic rings. The molecule has 2 bridgehead atoms. The Morgan fingerprint density at radius 2 is 1.52 bits per heavy atom. The van der Waals surface area contributed by atoms with Crippen LogP contribution >= 0.6 is 0 Å². The summed E-state index contributed by atoms with van der Waals surface area (Å²) in [5.74, 6) is 0. The van der Waals surface area contributed by atoms with Crippen molar-refractivity contribution in [3.05, 3.63) is 71.8 Å². The lowest BCUT2D eigenvalue weighted by Gasteiger charge is -2.51. The zero-order valence-corrected chi connectivity index (χ0v) is 18.1. The summed E-state index contributed by atoms with van der Waals surface area (Å²) in [4.78, 5) is 14.7. The molecule has 2 saturated heterocycles. The molecule has 31 heavy (non-hydrogen) atoms. The lowest BCUT2D eigenvalue weighted by Crippen LogP contribution is -2.59. The van der Waals surface area contributed by atoms with Crippen molar-refractivity contribution in [2.45, 2.75) is 75.8 Å². The van der Waals surface area contributed by atoms with Crippen molar-refractivity contribution in [1.29, 1.82) is 0 Å². The maximum absolute atomic E-state index is 12.8. The zero-order chi connectivity index (χ0) is 21.5. The number of carbonyl (C=O) groups is 1. The molecule has 5 nitrogen and oxygen atoms in total. The number of ether oxygens (including phenoxy) is 2. The Kier molecular flexibility index (Phi) is 7.25. The minimum atomic E-state index is -0.720. The lowest BCUT2D eigenvalue weighted by atomic mass is 9.74. The Hall–Kier alpha value is -2.37. The largest absolute Gasteiger partial charge is 0.445 e. The molecule has 4 rings (SSSR count). The van der Waals surface area contributed by atoms with E-state index >= 15 is 0 Å². The minimum Gasteiger partial charge on any atom is -0.445 e. The maximum Gasteiger partial charge on any atom is 0.410 e. The van der Waals surface area contributed by atoms with Crippen molar-refractivity contribution in [1.82, 2.24) is 4.90 Å².